The van der Waals surface area contributed by atoms with E-state index in [4.69, 9.17) is 0 Å². The largest absolute Gasteiger partial charge is 0.352 e. The number of carbonyl (C=O) groups is 1. The smallest absolute Gasteiger partial charge is 0.220 e. The molecule has 0 atom stereocenters. The third-order valence-electron chi connectivity index (χ3n) is 5.11. The van der Waals surface area contributed by atoms with Crippen LogP contribution in [-0.4, -0.2) is 23.9 Å². The third kappa shape index (κ3) is 5.99. The summed E-state index contributed by atoms with van der Waals surface area (Å²) in [6.07, 6.45) is 5.09. The molecule has 0 saturated carbocycles. The van der Waals surface area contributed by atoms with Crippen LogP contribution in [0.4, 0.5) is 0 Å². The zero-order valence-corrected chi connectivity index (χ0v) is 15.8. The van der Waals surface area contributed by atoms with Crippen molar-refractivity contribution in [2.75, 3.05) is 13.1 Å². The number of likely N-dealkylation sites (tertiary alicyclic amines) is 1. The molecular weight excluding hydrogens is 320 g/mol. The number of hydrogen-bond donors (Lipinski definition) is 1. The van der Waals surface area contributed by atoms with Crippen LogP contribution >= 0.6 is 0 Å². The molecule has 1 amide bonds. The van der Waals surface area contributed by atoms with E-state index in [1.807, 2.05) is 0 Å². The highest BCUT2D eigenvalue weighted by Gasteiger charge is 2.11. The maximum Gasteiger partial charge on any atom is 0.220 e. The topological polar surface area (TPSA) is 32.3 Å². The molecule has 0 aliphatic carbocycles. The van der Waals surface area contributed by atoms with Gasteiger partial charge in [0, 0.05) is 19.5 Å². The van der Waals surface area contributed by atoms with Gasteiger partial charge in [0.05, 0.1) is 0 Å². The first kappa shape index (κ1) is 18.7. The molecule has 3 rings (SSSR count). The van der Waals surface area contributed by atoms with Crippen LogP contribution in [-0.2, 0) is 24.3 Å². The van der Waals surface area contributed by atoms with E-state index in [1.165, 1.54) is 48.2 Å². The number of aryl methyl sites for hydroxylation is 2. The SMILES string of the molecule is Cc1ccc(CCCC(=O)NCc2ccc(CN3CCCC3)cc2)cc1. The van der Waals surface area contributed by atoms with Crippen molar-refractivity contribution in [3.8, 4) is 0 Å². The second-order valence-corrected chi connectivity index (χ2v) is 7.42. The predicted octanol–water partition coefficient (Wildman–Crippen LogP) is 4.23. The molecule has 2 aromatic carbocycles. The number of carbonyl (C=O) groups excluding carboxylic acids is 1. The lowest BCUT2D eigenvalue weighted by molar-refractivity contribution is -0.121. The van der Waals surface area contributed by atoms with Crippen molar-refractivity contribution in [1.29, 1.82) is 0 Å². The first-order valence-electron chi connectivity index (χ1n) is 9.81. The maximum atomic E-state index is 12.0. The van der Waals surface area contributed by atoms with Gasteiger partial charge in [0.2, 0.25) is 5.91 Å². The molecule has 0 spiro atoms. The lowest BCUT2D eigenvalue weighted by atomic mass is 10.1. The molecule has 0 unspecified atom stereocenters. The second-order valence-electron chi connectivity index (χ2n) is 7.42. The monoisotopic (exact) mass is 350 g/mol. The van der Waals surface area contributed by atoms with E-state index >= 15 is 0 Å². The average molecular weight is 351 g/mol. The van der Waals surface area contributed by atoms with Gasteiger partial charge in [-0.25, -0.2) is 0 Å². The highest BCUT2D eigenvalue weighted by atomic mass is 16.1. The zero-order valence-electron chi connectivity index (χ0n) is 15.8. The summed E-state index contributed by atoms with van der Waals surface area (Å²) < 4.78 is 0. The van der Waals surface area contributed by atoms with E-state index in [2.05, 4.69) is 65.7 Å². The fraction of sp³-hybridized carbons (Fsp3) is 0.435. The Balaban J connectivity index is 1.35. The van der Waals surface area contributed by atoms with Gasteiger partial charge < -0.3 is 5.32 Å². The van der Waals surface area contributed by atoms with Crippen LogP contribution in [0.1, 0.15) is 47.9 Å². The maximum absolute atomic E-state index is 12.0. The van der Waals surface area contributed by atoms with Crippen LogP contribution in [0.3, 0.4) is 0 Å². The molecule has 1 N–H and O–H groups in total. The summed E-state index contributed by atoms with van der Waals surface area (Å²) in [6.45, 7) is 6.20. The normalized spacial score (nSPS) is 14.5. The van der Waals surface area contributed by atoms with Crippen molar-refractivity contribution in [3.05, 3.63) is 70.8 Å². The van der Waals surface area contributed by atoms with Crippen LogP contribution < -0.4 is 5.32 Å². The number of hydrogen-bond acceptors (Lipinski definition) is 2. The number of benzene rings is 2. The van der Waals surface area contributed by atoms with Gasteiger partial charge in [-0.15, -0.1) is 0 Å². The summed E-state index contributed by atoms with van der Waals surface area (Å²) >= 11 is 0. The average Bonchev–Trinajstić information content (AvgIpc) is 3.16. The van der Waals surface area contributed by atoms with Crippen LogP contribution in [0.15, 0.2) is 48.5 Å². The lowest BCUT2D eigenvalue weighted by Gasteiger charge is -2.14. The molecular formula is C23H30N2O. The van der Waals surface area contributed by atoms with E-state index in [0.29, 0.717) is 13.0 Å². The van der Waals surface area contributed by atoms with Gasteiger partial charge in [-0.05, 0) is 62.4 Å². The van der Waals surface area contributed by atoms with Crippen LogP contribution in [0.5, 0.6) is 0 Å². The summed E-state index contributed by atoms with van der Waals surface area (Å²) in [4.78, 5) is 14.5. The highest BCUT2D eigenvalue weighted by molar-refractivity contribution is 5.75. The quantitative estimate of drug-likeness (QED) is 0.773. The Kier molecular flexibility index (Phi) is 6.84. The number of amides is 1. The fourth-order valence-electron chi connectivity index (χ4n) is 3.46. The van der Waals surface area contributed by atoms with Crippen molar-refractivity contribution in [2.45, 2.75) is 52.1 Å². The fourth-order valence-corrected chi connectivity index (χ4v) is 3.46. The predicted molar refractivity (Wildman–Crippen MR) is 107 cm³/mol. The molecule has 3 nitrogen and oxygen atoms in total. The number of nitrogens with zero attached hydrogens (tertiary/aromatic N) is 1. The zero-order chi connectivity index (χ0) is 18.2. The lowest BCUT2D eigenvalue weighted by Crippen LogP contribution is -2.22. The molecule has 2 aromatic rings. The van der Waals surface area contributed by atoms with Gasteiger partial charge in [0.15, 0.2) is 0 Å². The Hall–Kier alpha value is -2.13. The molecule has 1 fully saturated rings. The van der Waals surface area contributed by atoms with E-state index in [-0.39, 0.29) is 5.91 Å². The first-order valence-corrected chi connectivity index (χ1v) is 9.81. The van der Waals surface area contributed by atoms with E-state index < -0.39 is 0 Å². The summed E-state index contributed by atoms with van der Waals surface area (Å²) in [6, 6.07) is 17.2. The van der Waals surface area contributed by atoms with Crippen LogP contribution in [0.25, 0.3) is 0 Å². The molecule has 26 heavy (non-hydrogen) atoms. The molecule has 1 aliphatic rings. The van der Waals surface area contributed by atoms with Gasteiger partial charge >= 0.3 is 0 Å². The Morgan fingerprint density at radius 1 is 0.923 bits per heavy atom. The van der Waals surface area contributed by atoms with Gasteiger partial charge in [-0.2, -0.15) is 0 Å². The Labute approximate surface area is 157 Å². The molecule has 1 heterocycles. The van der Waals surface area contributed by atoms with E-state index in [1.54, 1.807) is 0 Å². The minimum absolute atomic E-state index is 0.137. The van der Waals surface area contributed by atoms with Crippen molar-refractivity contribution >= 4 is 5.91 Å². The Bertz CT molecular complexity index is 685. The summed E-state index contributed by atoms with van der Waals surface area (Å²) in [5.74, 6) is 0.137. The van der Waals surface area contributed by atoms with Gasteiger partial charge in [-0.3, -0.25) is 9.69 Å². The first-order chi connectivity index (χ1) is 12.7. The van der Waals surface area contributed by atoms with E-state index in [0.717, 1.165) is 19.4 Å². The van der Waals surface area contributed by atoms with Crippen molar-refractivity contribution in [3.63, 3.8) is 0 Å². The Morgan fingerprint density at radius 3 is 2.23 bits per heavy atom. The minimum Gasteiger partial charge on any atom is -0.352 e. The van der Waals surface area contributed by atoms with Crippen LogP contribution in [0.2, 0.25) is 0 Å². The number of nitrogens with one attached hydrogen (secondary N) is 1. The summed E-state index contributed by atoms with van der Waals surface area (Å²) in [5.41, 5.74) is 5.11. The van der Waals surface area contributed by atoms with Gasteiger partial charge in [-0.1, -0.05) is 54.1 Å². The molecule has 3 heteroatoms. The molecule has 1 saturated heterocycles. The molecule has 138 valence electrons. The second kappa shape index (κ2) is 9.54. The van der Waals surface area contributed by atoms with Crippen LogP contribution in [0, 0.1) is 6.92 Å². The van der Waals surface area contributed by atoms with Crippen molar-refractivity contribution in [1.82, 2.24) is 10.2 Å². The third-order valence-corrected chi connectivity index (χ3v) is 5.11. The highest BCUT2D eigenvalue weighted by Crippen LogP contribution is 2.13. The van der Waals surface area contributed by atoms with Crippen molar-refractivity contribution in [2.24, 2.45) is 0 Å². The summed E-state index contributed by atoms with van der Waals surface area (Å²) in [7, 11) is 0. The Morgan fingerprint density at radius 2 is 1.54 bits per heavy atom. The molecule has 0 radical (unpaired) electrons. The standard InChI is InChI=1S/C23H30N2O/c1-19-7-9-20(10-8-19)5-4-6-23(26)24-17-21-11-13-22(14-12-21)18-25-15-2-3-16-25/h7-14H,2-6,15-18H2,1H3,(H,24,26). The molecule has 1 aliphatic heterocycles. The van der Waals surface area contributed by atoms with Crippen molar-refractivity contribution < 1.29 is 4.79 Å². The summed E-state index contributed by atoms with van der Waals surface area (Å²) in [5, 5.41) is 3.04. The minimum atomic E-state index is 0.137. The van der Waals surface area contributed by atoms with Gasteiger partial charge in [0.25, 0.3) is 0 Å². The molecule has 0 bridgehead atoms. The van der Waals surface area contributed by atoms with E-state index in [9.17, 15) is 4.79 Å². The molecule has 0 aromatic heterocycles. The van der Waals surface area contributed by atoms with Gasteiger partial charge in [0.1, 0.15) is 0 Å². The number of rotatable bonds is 8.